The Balaban J connectivity index is 1.50. The Kier molecular flexibility index (Phi) is 5.90. The monoisotopic (exact) mass is 449 g/mol. The number of aromatic nitrogens is 2. The number of amides is 1. The van der Waals surface area contributed by atoms with Crippen molar-refractivity contribution in [2.75, 3.05) is 19.1 Å². The lowest BCUT2D eigenvalue weighted by molar-refractivity contribution is -0.145. The summed E-state index contributed by atoms with van der Waals surface area (Å²) in [5.74, 6) is -0.181. The van der Waals surface area contributed by atoms with Gasteiger partial charge < -0.3 is 14.4 Å². The highest BCUT2D eigenvalue weighted by Gasteiger charge is 2.35. The number of rotatable bonds is 6. The van der Waals surface area contributed by atoms with E-state index in [-0.39, 0.29) is 29.0 Å². The molecule has 0 unspecified atom stereocenters. The van der Waals surface area contributed by atoms with Crippen LogP contribution in [0.2, 0.25) is 0 Å². The maximum atomic E-state index is 13.2. The molecule has 4 rings (SSSR count). The fourth-order valence-corrected chi connectivity index (χ4v) is 4.06. The minimum atomic E-state index is -4.67. The van der Waals surface area contributed by atoms with E-state index in [9.17, 15) is 18.0 Å². The topological polar surface area (TPSA) is 64.6 Å². The maximum absolute atomic E-state index is 13.2. The molecule has 0 atom stereocenters. The third kappa shape index (κ3) is 4.68. The molecule has 10 heteroatoms. The number of para-hydroxylation sites is 1. The zero-order valence-electron chi connectivity index (χ0n) is 16.5. The van der Waals surface area contributed by atoms with Crippen molar-refractivity contribution in [2.45, 2.75) is 24.7 Å². The molecule has 0 N–H and O–H groups in total. The van der Waals surface area contributed by atoms with Gasteiger partial charge in [-0.25, -0.2) is 9.97 Å². The first kappa shape index (κ1) is 21.2. The number of hydrogen-bond acceptors (Lipinski definition) is 6. The van der Waals surface area contributed by atoms with E-state index in [1.165, 1.54) is 6.07 Å². The molecule has 2 aromatic carbocycles. The molecule has 3 aromatic rings. The van der Waals surface area contributed by atoms with Crippen molar-refractivity contribution in [2.24, 2.45) is 0 Å². The molecular weight excluding hydrogens is 431 g/mol. The van der Waals surface area contributed by atoms with Crippen molar-refractivity contribution in [3.63, 3.8) is 0 Å². The number of halogens is 3. The van der Waals surface area contributed by atoms with E-state index in [0.29, 0.717) is 30.0 Å². The van der Waals surface area contributed by atoms with Crippen LogP contribution < -0.4 is 9.47 Å². The van der Waals surface area contributed by atoms with Gasteiger partial charge in [0.25, 0.3) is 0 Å². The first-order valence-corrected chi connectivity index (χ1v) is 10.5. The summed E-state index contributed by atoms with van der Waals surface area (Å²) >= 11 is 0.976. The van der Waals surface area contributed by atoms with Crippen molar-refractivity contribution in [3.05, 3.63) is 53.9 Å². The number of carbonyl (C=O) groups is 1. The van der Waals surface area contributed by atoms with Gasteiger partial charge in [-0.2, -0.15) is 13.2 Å². The first-order chi connectivity index (χ1) is 14.8. The summed E-state index contributed by atoms with van der Waals surface area (Å²) in [6.07, 6.45) is -4.67. The number of alkyl halides is 3. The summed E-state index contributed by atoms with van der Waals surface area (Å²) in [6.45, 7) is 2.81. The molecule has 0 bridgehead atoms. The Morgan fingerprint density at radius 1 is 1.13 bits per heavy atom. The predicted molar refractivity (Wildman–Crippen MR) is 109 cm³/mol. The van der Waals surface area contributed by atoms with Gasteiger partial charge in [0.1, 0.15) is 5.03 Å². The molecule has 1 aliphatic heterocycles. The fraction of sp³-hybridized carbons (Fsp3) is 0.286. The average molecular weight is 449 g/mol. The lowest BCUT2D eigenvalue weighted by atomic mass is 10.2. The van der Waals surface area contributed by atoms with Crippen molar-refractivity contribution < 1.29 is 27.4 Å². The van der Waals surface area contributed by atoms with Crippen LogP contribution in [-0.2, 0) is 17.5 Å². The molecule has 0 fully saturated rings. The molecule has 1 aromatic heterocycles. The quantitative estimate of drug-likeness (QED) is 0.407. The molecule has 6 nitrogen and oxygen atoms in total. The molecule has 162 valence electrons. The van der Waals surface area contributed by atoms with Crippen LogP contribution >= 0.6 is 11.8 Å². The average Bonchev–Trinajstić information content (AvgIpc) is 3.22. The minimum Gasteiger partial charge on any atom is -0.454 e. The third-order valence-corrected chi connectivity index (χ3v) is 5.67. The number of hydrogen-bond donors (Lipinski definition) is 0. The van der Waals surface area contributed by atoms with Gasteiger partial charge in [0.2, 0.25) is 18.5 Å². The Morgan fingerprint density at radius 3 is 2.68 bits per heavy atom. The zero-order valence-corrected chi connectivity index (χ0v) is 17.3. The second kappa shape index (κ2) is 8.62. The normalized spacial score (nSPS) is 12.9. The summed E-state index contributed by atoms with van der Waals surface area (Å²) in [5.41, 5.74) is 1.06. The number of carbonyl (C=O) groups excluding carboxylic acids is 1. The molecule has 0 aliphatic carbocycles. The highest BCUT2D eigenvalue weighted by atomic mass is 32.2. The van der Waals surface area contributed by atoms with E-state index >= 15 is 0 Å². The largest absolute Gasteiger partial charge is 0.454 e. The lowest BCUT2D eigenvalue weighted by Gasteiger charge is -2.21. The zero-order chi connectivity index (χ0) is 22.0. The van der Waals surface area contributed by atoms with E-state index in [4.69, 9.17) is 9.47 Å². The first-order valence-electron chi connectivity index (χ1n) is 9.48. The van der Waals surface area contributed by atoms with E-state index in [1.54, 1.807) is 29.2 Å². The Hall–Kier alpha value is -3.01. The van der Waals surface area contributed by atoms with Gasteiger partial charge in [0.05, 0.1) is 11.3 Å². The number of nitrogens with zero attached hydrogens (tertiary/aromatic N) is 3. The summed E-state index contributed by atoms with van der Waals surface area (Å²) in [5, 5.41) is 0.609. The number of benzene rings is 2. The Labute approximate surface area is 180 Å². The molecular formula is C21H18F3N3O3S. The van der Waals surface area contributed by atoms with Gasteiger partial charge in [0.15, 0.2) is 11.5 Å². The van der Waals surface area contributed by atoms with Crippen molar-refractivity contribution >= 4 is 28.6 Å². The second-order valence-corrected chi connectivity index (χ2v) is 7.72. The van der Waals surface area contributed by atoms with Crippen LogP contribution in [0.4, 0.5) is 13.2 Å². The molecule has 0 radical (unpaired) electrons. The van der Waals surface area contributed by atoms with Crippen LogP contribution in [0.15, 0.2) is 47.5 Å². The van der Waals surface area contributed by atoms with Crippen LogP contribution in [0.1, 0.15) is 18.3 Å². The number of ether oxygens (including phenoxy) is 2. The summed E-state index contributed by atoms with van der Waals surface area (Å²) < 4.78 is 50.2. The van der Waals surface area contributed by atoms with Crippen LogP contribution in [-0.4, -0.2) is 39.9 Å². The maximum Gasteiger partial charge on any atom is 0.451 e. The van der Waals surface area contributed by atoms with Gasteiger partial charge >= 0.3 is 6.18 Å². The van der Waals surface area contributed by atoms with Crippen LogP contribution in [0.3, 0.4) is 0 Å². The van der Waals surface area contributed by atoms with Gasteiger partial charge in [-0.15, -0.1) is 0 Å². The van der Waals surface area contributed by atoms with E-state index in [2.05, 4.69) is 9.97 Å². The summed E-state index contributed by atoms with van der Waals surface area (Å²) in [4.78, 5) is 21.7. The molecule has 0 saturated heterocycles. The highest BCUT2D eigenvalue weighted by molar-refractivity contribution is 8.00. The van der Waals surface area contributed by atoms with Crippen LogP contribution in [0, 0.1) is 0 Å². The molecule has 0 spiro atoms. The smallest absolute Gasteiger partial charge is 0.451 e. The SMILES string of the molecule is CCN(Cc1ccc2c(c1)OCO2)C(=O)CSc1nc(C(F)(F)F)nc2ccccc12. The molecule has 2 heterocycles. The molecule has 1 aliphatic rings. The Morgan fingerprint density at radius 2 is 1.90 bits per heavy atom. The molecule has 0 saturated carbocycles. The second-order valence-electron chi connectivity index (χ2n) is 6.75. The van der Waals surface area contributed by atoms with E-state index in [0.717, 1.165) is 17.3 Å². The van der Waals surface area contributed by atoms with Crippen LogP contribution in [0.25, 0.3) is 10.9 Å². The van der Waals surface area contributed by atoms with Crippen molar-refractivity contribution in [1.29, 1.82) is 0 Å². The van der Waals surface area contributed by atoms with E-state index < -0.39 is 12.0 Å². The summed E-state index contributed by atoms with van der Waals surface area (Å²) in [6, 6.07) is 11.9. The molecule has 1 amide bonds. The predicted octanol–water partition coefficient (Wildman–Crippen LogP) is 4.52. The minimum absolute atomic E-state index is 0.0449. The van der Waals surface area contributed by atoms with Gasteiger partial charge in [-0.1, -0.05) is 36.0 Å². The van der Waals surface area contributed by atoms with Gasteiger partial charge in [-0.05, 0) is 30.7 Å². The van der Waals surface area contributed by atoms with Gasteiger partial charge in [0, 0.05) is 18.5 Å². The van der Waals surface area contributed by atoms with Crippen molar-refractivity contribution in [1.82, 2.24) is 14.9 Å². The Bertz CT molecular complexity index is 1120. The number of thioether (sulfide) groups is 1. The molecule has 31 heavy (non-hydrogen) atoms. The fourth-order valence-electron chi connectivity index (χ4n) is 3.14. The van der Waals surface area contributed by atoms with Crippen LogP contribution in [0.5, 0.6) is 11.5 Å². The lowest BCUT2D eigenvalue weighted by Crippen LogP contribution is -2.31. The highest BCUT2D eigenvalue weighted by Crippen LogP contribution is 2.34. The van der Waals surface area contributed by atoms with Gasteiger partial charge in [-0.3, -0.25) is 4.79 Å². The van der Waals surface area contributed by atoms with Crippen molar-refractivity contribution in [3.8, 4) is 11.5 Å². The third-order valence-electron chi connectivity index (χ3n) is 4.70. The number of fused-ring (bicyclic) bond motifs is 2. The summed E-state index contributed by atoms with van der Waals surface area (Å²) in [7, 11) is 0. The standard InChI is InChI=1S/C21H18F3N3O3S/c1-2-27(10-13-7-8-16-17(9-13)30-12-29-16)18(28)11-31-19-14-5-3-4-6-15(14)25-20(26-19)21(22,23)24/h3-9H,2,10-12H2,1H3. The van der Waals surface area contributed by atoms with E-state index in [1.807, 2.05) is 19.1 Å².